The molecule has 0 amide bonds. The molecule has 0 fully saturated rings. The van der Waals surface area contributed by atoms with E-state index >= 15 is 0 Å². The van der Waals surface area contributed by atoms with Crippen LogP contribution in [0, 0.1) is 13.8 Å². The van der Waals surface area contributed by atoms with E-state index in [-0.39, 0.29) is 0 Å². The number of rotatable bonds is 0. The van der Waals surface area contributed by atoms with Crippen LogP contribution in [0.15, 0.2) is 18.2 Å². The van der Waals surface area contributed by atoms with Gasteiger partial charge >= 0.3 is 0 Å². The van der Waals surface area contributed by atoms with Crippen LogP contribution in [0.3, 0.4) is 0 Å². The summed E-state index contributed by atoms with van der Waals surface area (Å²) in [5, 5.41) is 0. The quantitative estimate of drug-likeness (QED) is 0.473. The number of hydrogen-bond donors (Lipinski definition) is 0. The van der Waals surface area contributed by atoms with Crippen LogP contribution < -0.4 is 4.98 Å². The van der Waals surface area contributed by atoms with Gasteiger partial charge in [-0.1, -0.05) is 0 Å². The number of aryl methyl sites for hydroxylation is 2. The van der Waals surface area contributed by atoms with Crippen molar-refractivity contribution < 1.29 is 4.98 Å². The monoisotopic (exact) mass is 108 g/mol. The van der Waals surface area contributed by atoms with Gasteiger partial charge in [-0.3, -0.25) is 0 Å². The fourth-order valence-electron chi connectivity index (χ4n) is 0.731. The first kappa shape index (κ1) is 5.29. The second-order valence-electron chi connectivity index (χ2n) is 2.02. The third kappa shape index (κ3) is 1.06. The molecular formula is C7H10N+. The Bertz CT molecular complexity index is 164. The Morgan fingerprint density at radius 2 is 1.62 bits per heavy atom. The highest BCUT2D eigenvalue weighted by Crippen LogP contribution is 1.87. The van der Waals surface area contributed by atoms with Crippen LogP contribution in [0.5, 0.6) is 0 Å². The van der Waals surface area contributed by atoms with Crippen LogP contribution in [-0.4, -0.2) is 0 Å². The molecule has 42 valence electrons. The number of hydrogen-bond acceptors (Lipinski definition) is 0. The van der Waals surface area contributed by atoms with E-state index in [9.17, 15) is 0 Å². The highest BCUT2D eigenvalue weighted by molar-refractivity contribution is 4.99. The molecule has 0 aromatic carbocycles. The maximum atomic E-state index is 3.17. The van der Waals surface area contributed by atoms with Crippen molar-refractivity contribution in [3.05, 3.63) is 29.6 Å². The molecule has 1 heterocycles. The molecule has 0 atom stereocenters. The molecule has 0 aliphatic heterocycles. The summed E-state index contributed by atoms with van der Waals surface area (Å²) in [6.45, 7) is 4.10. The van der Waals surface area contributed by atoms with E-state index in [0.717, 1.165) is 0 Å². The molecule has 8 heavy (non-hydrogen) atoms. The van der Waals surface area contributed by atoms with Crippen molar-refractivity contribution in [2.45, 2.75) is 13.8 Å². The lowest BCUT2D eigenvalue weighted by molar-refractivity contribution is -0.396. The number of aromatic amines is 1. The first-order chi connectivity index (χ1) is 3.79. The van der Waals surface area contributed by atoms with E-state index in [0.29, 0.717) is 0 Å². The van der Waals surface area contributed by atoms with Crippen molar-refractivity contribution in [1.82, 2.24) is 0 Å². The minimum Gasteiger partial charge on any atom is -0.213 e. The zero-order valence-electron chi connectivity index (χ0n) is 5.23. The van der Waals surface area contributed by atoms with Gasteiger partial charge in [0.15, 0.2) is 11.4 Å². The summed E-state index contributed by atoms with van der Waals surface area (Å²) in [5.74, 6) is 0. The van der Waals surface area contributed by atoms with Gasteiger partial charge in [-0.15, -0.1) is 0 Å². The van der Waals surface area contributed by atoms with Gasteiger partial charge in [0.25, 0.3) is 0 Å². The SMILES string of the molecule is Cc1cccc(C)[nH+]1. The van der Waals surface area contributed by atoms with Gasteiger partial charge in [0.1, 0.15) is 0 Å². The largest absolute Gasteiger partial charge is 0.213 e. The van der Waals surface area contributed by atoms with Crippen molar-refractivity contribution in [2.24, 2.45) is 0 Å². The maximum Gasteiger partial charge on any atom is 0.176 e. The molecule has 1 heteroatoms. The molecule has 0 saturated carbocycles. The predicted molar refractivity (Wildman–Crippen MR) is 32.5 cm³/mol. The average Bonchev–Trinajstić information content (AvgIpc) is 1.64. The van der Waals surface area contributed by atoms with Gasteiger partial charge in [-0.05, 0) is 6.07 Å². The van der Waals surface area contributed by atoms with Crippen molar-refractivity contribution in [3.8, 4) is 0 Å². The minimum atomic E-state index is 1.21. The van der Waals surface area contributed by atoms with E-state index in [2.05, 4.69) is 4.98 Å². The number of nitrogens with one attached hydrogen (secondary N) is 1. The zero-order chi connectivity index (χ0) is 5.98. The number of aromatic nitrogens is 1. The van der Waals surface area contributed by atoms with Crippen LogP contribution in [0.25, 0.3) is 0 Å². The third-order valence-corrected chi connectivity index (χ3v) is 1.09. The van der Waals surface area contributed by atoms with Crippen molar-refractivity contribution in [2.75, 3.05) is 0 Å². The van der Waals surface area contributed by atoms with Gasteiger partial charge < -0.3 is 0 Å². The second kappa shape index (κ2) is 1.95. The Morgan fingerprint density at radius 3 is 1.88 bits per heavy atom. The smallest absolute Gasteiger partial charge is 0.176 e. The average molecular weight is 108 g/mol. The van der Waals surface area contributed by atoms with Crippen LogP contribution in [0.2, 0.25) is 0 Å². The van der Waals surface area contributed by atoms with Crippen LogP contribution in [-0.2, 0) is 0 Å². The van der Waals surface area contributed by atoms with Crippen LogP contribution >= 0.6 is 0 Å². The lowest BCUT2D eigenvalue weighted by Gasteiger charge is -1.82. The summed E-state index contributed by atoms with van der Waals surface area (Å²) in [6.07, 6.45) is 0. The molecule has 0 aliphatic rings. The Kier molecular flexibility index (Phi) is 1.29. The topological polar surface area (TPSA) is 14.1 Å². The summed E-state index contributed by atoms with van der Waals surface area (Å²) in [6, 6.07) is 6.14. The van der Waals surface area contributed by atoms with Crippen molar-refractivity contribution in [1.29, 1.82) is 0 Å². The minimum absolute atomic E-state index is 1.21. The standard InChI is InChI=1S/C7H9N/c1-6-4-3-5-7(2)8-6/h3-5H,1-2H3/p+1. The Morgan fingerprint density at radius 1 is 1.12 bits per heavy atom. The van der Waals surface area contributed by atoms with Crippen LogP contribution in [0.4, 0.5) is 0 Å². The van der Waals surface area contributed by atoms with Gasteiger partial charge in [0.2, 0.25) is 0 Å². The van der Waals surface area contributed by atoms with Gasteiger partial charge in [0, 0.05) is 26.0 Å². The number of pyridine rings is 1. The van der Waals surface area contributed by atoms with Crippen molar-refractivity contribution >= 4 is 0 Å². The summed E-state index contributed by atoms with van der Waals surface area (Å²) >= 11 is 0. The maximum absolute atomic E-state index is 3.17. The molecule has 1 aromatic rings. The molecule has 0 radical (unpaired) electrons. The number of H-pyrrole nitrogens is 1. The molecule has 0 spiro atoms. The van der Waals surface area contributed by atoms with Gasteiger partial charge in [0.05, 0.1) is 0 Å². The summed E-state index contributed by atoms with van der Waals surface area (Å²) in [4.78, 5) is 3.17. The van der Waals surface area contributed by atoms with E-state index in [4.69, 9.17) is 0 Å². The Balaban J connectivity index is 3.08. The molecule has 0 aliphatic carbocycles. The Hall–Kier alpha value is -0.850. The first-order valence-corrected chi connectivity index (χ1v) is 2.74. The fourth-order valence-corrected chi connectivity index (χ4v) is 0.731. The van der Waals surface area contributed by atoms with E-state index < -0.39 is 0 Å². The molecule has 0 unspecified atom stereocenters. The zero-order valence-corrected chi connectivity index (χ0v) is 5.23. The fraction of sp³-hybridized carbons (Fsp3) is 0.286. The normalized spacial score (nSPS) is 9.25. The summed E-state index contributed by atoms with van der Waals surface area (Å²) < 4.78 is 0. The molecule has 0 bridgehead atoms. The molecule has 1 rings (SSSR count). The Labute approximate surface area is 49.4 Å². The molecule has 1 nitrogen and oxygen atoms in total. The predicted octanol–water partition coefficient (Wildman–Crippen LogP) is 1.12. The van der Waals surface area contributed by atoms with E-state index in [1.807, 2.05) is 32.0 Å². The summed E-state index contributed by atoms with van der Waals surface area (Å²) in [5.41, 5.74) is 2.43. The van der Waals surface area contributed by atoms with Crippen LogP contribution in [0.1, 0.15) is 11.4 Å². The van der Waals surface area contributed by atoms with Gasteiger partial charge in [-0.25, -0.2) is 4.98 Å². The second-order valence-corrected chi connectivity index (χ2v) is 2.02. The highest BCUT2D eigenvalue weighted by atomic mass is 14.7. The van der Waals surface area contributed by atoms with E-state index in [1.54, 1.807) is 0 Å². The molecule has 0 saturated heterocycles. The molecular weight excluding hydrogens is 98.1 g/mol. The molecule has 1 aromatic heterocycles. The lowest BCUT2D eigenvalue weighted by atomic mass is 10.3. The molecule has 1 N–H and O–H groups in total. The van der Waals surface area contributed by atoms with Gasteiger partial charge in [-0.2, -0.15) is 0 Å². The highest BCUT2D eigenvalue weighted by Gasteiger charge is 1.90. The summed E-state index contributed by atoms with van der Waals surface area (Å²) in [7, 11) is 0. The van der Waals surface area contributed by atoms with E-state index in [1.165, 1.54) is 11.4 Å². The van der Waals surface area contributed by atoms with Crippen molar-refractivity contribution in [3.63, 3.8) is 0 Å². The third-order valence-electron chi connectivity index (χ3n) is 1.09. The lowest BCUT2D eigenvalue weighted by Crippen LogP contribution is -2.09. The first-order valence-electron chi connectivity index (χ1n) is 2.74.